The second-order valence-electron chi connectivity index (χ2n) is 5.61. The molecule has 1 aliphatic rings. The van der Waals surface area contributed by atoms with Crippen molar-refractivity contribution in [2.75, 3.05) is 31.5 Å². The smallest absolute Gasteiger partial charge is 0.229 e. The largest absolute Gasteiger partial charge is 0.358 e. The van der Waals surface area contributed by atoms with Gasteiger partial charge >= 0.3 is 0 Å². The molecule has 0 N–H and O–H groups in total. The molecule has 1 amide bonds. The first-order valence-electron chi connectivity index (χ1n) is 15.0. The van der Waals surface area contributed by atoms with Crippen LogP contribution in [0.25, 0.3) is 0 Å². The van der Waals surface area contributed by atoms with Crippen LogP contribution in [0, 0.1) is 0 Å². The molecule has 2 aromatic rings. The normalized spacial score (nSPS) is 27.1. The number of ether oxygens (including phenoxy) is 1. The number of nitrogens with zero attached hydrogens (tertiary/aromatic N) is 2. The summed E-state index contributed by atoms with van der Waals surface area (Å²) in [7, 11) is -3.21. The third-order valence-electron chi connectivity index (χ3n) is 4.13. The molecule has 1 aromatic carbocycles. The molecule has 26 heavy (non-hydrogen) atoms. The maximum absolute atomic E-state index is 13.6. The van der Waals surface area contributed by atoms with Gasteiger partial charge in [-0.2, -0.15) is 0 Å². The number of para-hydroxylation sites is 1. The summed E-state index contributed by atoms with van der Waals surface area (Å²) < 4.78 is 120. The van der Waals surface area contributed by atoms with Crippen molar-refractivity contribution < 1.29 is 28.7 Å². The molecule has 0 spiro atoms. The van der Waals surface area contributed by atoms with Crippen LogP contribution in [0.5, 0.6) is 0 Å². The number of amides is 1. The lowest BCUT2D eigenvalue weighted by molar-refractivity contribution is -0.128. The number of anilines is 1. The first kappa shape index (κ1) is 8.13. The Balaban J connectivity index is 2.18. The van der Waals surface area contributed by atoms with Gasteiger partial charge in [0.25, 0.3) is 0 Å². The number of rotatable bonds is 7. The van der Waals surface area contributed by atoms with Crippen LogP contribution in [0.1, 0.15) is 50.2 Å². The fourth-order valence-corrected chi connectivity index (χ4v) is 3.35. The Labute approximate surface area is 180 Å². The molecule has 0 saturated carbocycles. The maximum atomic E-state index is 13.6. The van der Waals surface area contributed by atoms with Crippen molar-refractivity contribution >= 4 is 22.9 Å². The fourth-order valence-electron chi connectivity index (χ4n) is 2.78. The molecule has 1 aromatic heterocycles. The van der Waals surface area contributed by atoms with E-state index in [0.717, 1.165) is 23.2 Å². The molecule has 0 aliphatic carbocycles. The predicted octanol–water partition coefficient (Wildman–Crippen LogP) is 4.17. The molecule has 5 heteroatoms. The Morgan fingerprint density at radius 2 is 2.19 bits per heavy atom. The van der Waals surface area contributed by atoms with Crippen molar-refractivity contribution in [3.8, 4) is 0 Å². The van der Waals surface area contributed by atoms with Crippen molar-refractivity contribution in [2.45, 2.75) is 38.2 Å². The zero-order chi connectivity index (χ0) is 30.6. The lowest BCUT2D eigenvalue weighted by atomic mass is 9.96. The highest BCUT2D eigenvalue weighted by molar-refractivity contribution is 7.09. The van der Waals surface area contributed by atoms with Gasteiger partial charge < -0.3 is 9.64 Å². The highest BCUT2D eigenvalue weighted by Gasteiger charge is 2.42. The monoisotopic (exact) mass is 386 g/mol. The van der Waals surface area contributed by atoms with Gasteiger partial charge in [-0.3, -0.25) is 9.69 Å². The average molecular weight is 387 g/mol. The van der Waals surface area contributed by atoms with Crippen LogP contribution in [0.4, 0.5) is 5.69 Å². The van der Waals surface area contributed by atoms with Gasteiger partial charge in [-0.25, -0.2) is 0 Å². The van der Waals surface area contributed by atoms with E-state index in [4.69, 9.17) is 23.9 Å². The van der Waals surface area contributed by atoms with E-state index < -0.39 is 86.7 Å². The van der Waals surface area contributed by atoms with Crippen molar-refractivity contribution in [1.29, 1.82) is 0 Å². The number of aryl methyl sites for hydroxylation is 1. The van der Waals surface area contributed by atoms with Crippen LogP contribution < -0.4 is 4.90 Å². The molecule has 0 bridgehead atoms. The molecule has 2 heterocycles. The topological polar surface area (TPSA) is 32.8 Å². The summed E-state index contributed by atoms with van der Waals surface area (Å²) in [4.78, 5) is 15.2. The molecular weight excluding hydrogens is 344 g/mol. The standard InChI is InChI=1S/C21H28N2O2S/c1-3-20(24)23(18-8-5-4-6-9-18)21(25-2)12-15-22(16-13-21)14-11-19-10-7-17-26-19/h4-10,17H,3,11-16H2,1-2H3/i2D3,3D2,4D,5D,6D,8D,9D,11D2,14D2. The third-order valence-corrected chi connectivity index (χ3v) is 4.91. The number of hydrogen-bond acceptors (Lipinski definition) is 4. The highest BCUT2D eigenvalue weighted by Crippen LogP contribution is 2.34. The van der Waals surface area contributed by atoms with E-state index >= 15 is 0 Å². The summed E-state index contributed by atoms with van der Waals surface area (Å²) >= 11 is 1.02. The minimum Gasteiger partial charge on any atom is -0.358 e. The minimum atomic E-state index is -3.21. The molecule has 0 radical (unpaired) electrons. The van der Waals surface area contributed by atoms with Crippen LogP contribution in [-0.4, -0.2) is 43.2 Å². The summed E-state index contributed by atoms with van der Waals surface area (Å²) in [5, 5.41) is 1.59. The number of hydrogen-bond donors (Lipinski definition) is 0. The Hall–Kier alpha value is -1.69. The fraction of sp³-hybridized carbons (Fsp3) is 0.476. The van der Waals surface area contributed by atoms with Gasteiger partial charge in [0.1, 0.15) is 5.72 Å². The number of carbonyl (C=O) groups excluding carboxylic acids is 1. The van der Waals surface area contributed by atoms with Crippen LogP contribution in [0.2, 0.25) is 0 Å². The van der Waals surface area contributed by atoms with E-state index in [1.165, 1.54) is 6.07 Å². The van der Waals surface area contributed by atoms with Gasteiger partial charge in [-0.15, -0.1) is 11.3 Å². The van der Waals surface area contributed by atoms with E-state index in [-0.39, 0.29) is 18.0 Å². The third kappa shape index (κ3) is 4.17. The Bertz CT molecular complexity index is 1220. The first-order chi connectivity index (χ1) is 18.1. The molecule has 140 valence electrons. The van der Waals surface area contributed by atoms with Crippen molar-refractivity contribution in [3.05, 3.63) is 52.6 Å². The highest BCUT2D eigenvalue weighted by atomic mass is 32.1. The van der Waals surface area contributed by atoms with E-state index in [1.54, 1.807) is 11.4 Å². The quantitative estimate of drug-likeness (QED) is 0.670. The molecule has 3 rings (SSSR count). The van der Waals surface area contributed by atoms with Crippen LogP contribution in [0.15, 0.2) is 47.7 Å². The average Bonchev–Trinajstić information content (AvgIpc) is 3.38. The van der Waals surface area contributed by atoms with Gasteiger partial charge in [-0.05, 0) is 29.9 Å². The summed E-state index contributed by atoms with van der Waals surface area (Å²) in [6.45, 7) is -2.52. The molecule has 4 nitrogen and oxygen atoms in total. The SMILES string of the molecule is [2H]c1c([2H])c([2H])c(N(C(=O)C([2H])([2H])C)C2(OC([2H])([2H])[2H])CCN(C([2H])([2H])C([2H])([2H])c3cccs3)CC2)c([2H])c1[2H]. The molecule has 1 fully saturated rings. The van der Waals surface area contributed by atoms with Crippen LogP contribution in [0.3, 0.4) is 0 Å². The Morgan fingerprint density at radius 1 is 1.42 bits per heavy atom. The van der Waals surface area contributed by atoms with E-state index in [2.05, 4.69) is 0 Å². The second kappa shape index (κ2) is 8.80. The van der Waals surface area contributed by atoms with Gasteiger partial charge in [-0.1, -0.05) is 31.1 Å². The molecule has 1 saturated heterocycles. The molecule has 0 unspecified atom stereocenters. The number of piperidine rings is 1. The summed E-state index contributed by atoms with van der Waals surface area (Å²) in [6.07, 6.45) is -6.24. The van der Waals surface area contributed by atoms with Gasteiger partial charge in [0, 0.05) is 64.6 Å². The lowest BCUT2D eigenvalue weighted by Gasteiger charge is -2.47. The van der Waals surface area contributed by atoms with Gasteiger partial charge in [0.2, 0.25) is 5.91 Å². The number of likely N-dealkylation sites (tertiary alicyclic amines) is 1. The Morgan fingerprint density at radius 3 is 2.81 bits per heavy atom. The van der Waals surface area contributed by atoms with E-state index in [9.17, 15) is 4.79 Å². The summed E-state index contributed by atoms with van der Waals surface area (Å²) in [5.74, 6) is -1.43. The number of methoxy groups -OCH3 is 1. The Kier molecular flexibility index (Phi) is 2.75. The second-order valence-corrected chi connectivity index (χ2v) is 6.56. The maximum Gasteiger partial charge on any atom is 0.229 e. The zero-order valence-corrected chi connectivity index (χ0v) is 15.0. The summed E-state index contributed by atoms with van der Waals surface area (Å²) in [5.41, 5.74) is -3.08. The van der Waals surface area contributed by atoms with Crippen molar-refractivity contribution in [3.63, 3.8) is 0 Å². The molecular formula is C21H28N2O2S. The first-order valence-corrected chi connectivity index (χ1v) is 8.87. The number of benzene rings is 1. The van der Waals surface area contributed by atoms with Crippen molar-refractivity contribution in [1.82, 2.24) is 4.90 Å². The van der Waals surface area contributed by atoms with Gasteiger partial charge in [0.05, 0.1) is 11.0 Å². The van der Waals surface area contributed by atoms with E-state index in [0.29, 0.717) is 4.90 Å². The van der Waals surface area contributed by atoms with Crippen LogP contribution in [-0.2, 0) is 15.9 Å². The van der Waals surface area contributed by atoms with Crippen LogP contribution >= 0.6 is 11.3 Å². The summed E-state index contributed by atoms with van der Waals surface area (Å²) in [6, 6.07) is -1.22. The van der Waals surface area contributed by atoms with E-state index in [1.807, 2.05) is 0 Å². The zero-order valence-electron chi connectivity index (χ0n) is 28.2. The minimum absolute atomic E-state index is 0.114. The van der Waals surface area contributed by atoms with Gasteiger partial charge in [0.15, 0.2) is 0 Å². The number of carbonyl (C=O) groups is 1. The lowest BCUT2D eigenvalue weighted by Crippen LogP contribution is -2.59. The molecule has 0 atom stereocenters. The number of thiophene rings is 1. The van der Waals surface area contributed by atoms with Crippen molar-refractivity contribution in [2.24, 2.45) is 0 Å². The predicted molar refractivity (Wildman–Crippen MR) is 108 cm³/mol. The molecule has 1 aliphatic heterocycles.